The van der Waals surface area contributed by atoms with Gasteiger partial charge in [-0.3, -0.25) is 0 Å². The van der Waals surface area contributed by atoms with Crippen molar-refractivity contribution in [1.82, 2.24) is 15.5 Å². The molecule has 1 N–H and O–H groups in total. The summed E-state index contributed by atoms with van der Waals surface area (Å²) in [6, 6.07) is 0.613. The summed E-state index contributed by atoms with van der Waals surface area (Å²) >= 11 is 0. The third-order valence-corrected chi connectivity index (χ3v) is 3.77. The van der Waals surface area contributed by atoms with Crippen LogP contribution in [0.25, 0.3) is 0 Å². The fourth-order valence-electron chi connectivity index (χ4n) is 2.85. The van der Waals surface area contributed by atoms with E-state index in [1.54, 1.807) is 0 Å². The summed E-state index contributed by atoms with van der Waals surface area (Å²) in [5.74, 6) is 2.96. The van der Waals surface area contributed by atoms with Crippen LogP contribution in [0.4, 0.5) is 0 Å². The van der Waals surface area contributed by atoms with E-state index in [-0.39, 0.29) is 0 Å². The van der Waals surface area contributed by atoms with Gasteiger partial charge in [0.15, 0.2) is 5.82 Å². The van der Waals surface area contributed by atoms with Crippen LogP contribution < -0.4 is 5.32 Å². The molecule has 1 saturated carbocycles. The molecule has 0 spiro atoms. The van der Waals surface area contributed by atoms with Gasteiger partial charge in [-0.1, -0.05) is 31.8 Å². The SMILES string of the molecule is Cc1nc(CN[C@H]2CCCC[C@H]2C(C)C)no1. The van der Waals surface area contributed by atoms with E-state index in [0.717, 1.165) is 24.2 Å². The Morgan fingerprint density at radius 2 is 2.12 bits per heavy atom. The summed E-state index contributed by atoms with van der Waals surface area (Å²) in [6.07, 6.45) is 5.34. The lowest BCUT2D eigenvalue weighted by molar-refractivity contribution is 0.203. The van der Waals surface area contributed by atoms with Gasteiger partial charge < -0.3 is 9.84 Å². The molecule has 0 aliphatic heterocycles. The molecule has 0 bridgehead atoms. The van der Waals surface area contributed by atoms with Gasteiger partial charge in [-0.2, -0.15) is 4.98 Å². The highest BCUT2D eigenvalue weighted by atomic mass is 16.5. The van der Waals surface area contributed by atoms with Crippen molar-refractivity contribution in [3.8, 4) is 0 Å². The third-order valence-electron chi connectivity index (χ3n) is 3.77. The zero-order valence-electron chi connectivity index (χ0n) is 11.1. The monoisotopic (exact) mass is 237 g/mol. The van der Waals surface area contributed by atoms with Gasteiger partial charge in [0.25, 0.3) is 0 Å². The summed E-state index contributed by atoms with van der Waals surface area (Å²) in [5, 5.41) is 7.52. The molecule has 0 radical (unpaired) electrons. The first kappa shape index (κ1) is 12.6. The van der Waals surface area contributed by atoms with Crippen molar-refractivity contribution < 1.29 is 4.52 Å². The summed E-state index contributed by atoms with van der Waals surface area (Å²) < 4.78 is 4.98. The normalized spacial score (nSPS) is 25.4. The predicted molar refractivity (Wildman–Crippen MR) is 66.5 cm³/mol. The molecule has 1 aromatic rings. The second kappa shape index (κ2) is 5.63. The molecule has 0 unspecified atom stereocenters. The smallest absolute Gasteiger partial charge is 0.223 e. The van der Waals surface area contributed by atoms with Crippen molar-refractivity contribution in [2.24, 2.45) is 11.8 Å². The lowest BCUT2D eigenvalue weighted by atomic mass is 9.78. The zero-order chi connectivity index (χ0) is 12.3. The molecule has 0 aromatic carbocycles. The molecule has 96 valence electrons. The van der Waals surface area contributed by atoms with Gasteiger partial charge in [0, 0.05) is 13.0 Å². The van der Waals surface area contributed by atoms with E-state index in [1.807, 2.05) is 6.92 Å². The van der Waals surface area contributed by atoms with E-state index in [4.69, 9.17) is 4.52 Å². The Morgan fingerprint density at radius 3 is 2.76 bits per heavy atom. The largest absolute Gasteiger partial charge is 0.340 e. The molecule has 2 atom stereocenters. The number of hydrogen-bond acceptors (Lipinski definition) is 4. The van der Waals surface area contributed by atoms with Crippen LogP contribution in [0.15, 0.2) is 4.52 Å². The highest BCUT2D eigenvalue weighted by Crippen LogP contribution is 2.30. The average Bonchev–Trinajstić information content (AvgIpc) is 2.73. The van der Waals surface area contributed by atoms with E-state index in [2.05, 4.69) is 29.3 Å². The fraction of sp³-hybridized carbons (Fsp3) is 0.846. The van der Waals surface area contributed by atoms with Crippen LogP contribution in [0, 0.1) is 18.8 Å². The molecule has 1 heterocycles. The topological polar surface area (TPSA) is 51.0 Å². The minimum atomic E-state index is 0.613. The van der Waals surface area contributed by atoms with E-state index in [1.165, 1.54) is 25.7 Å². The Labute approximate surface area is 103 Å². The molecule has 0 amide bonds. The second-order valence-electron chi connectivity index (χ2n) is 5.41. The lowest BCUT2D eigenvalue weighted by Gasteiger charge is -2.34. The van der Waals surface area contributed by atoms with Crippen LogP contribution in [0.3, 0.4) is 0 Å². The van der Waals surface area contributed by atoms with Crippen LogP contribution >= 0.6 is 0 Å². The van der Waals surface area contributed by atoms with Crippen LogP contribution in [0.2, 0.25) is 0 Å². The van der Waals surface area contributed by atoms with Crippen LogP contribution in [-0.2, 0) is 6.54 Å². The maximum absolute atomic E-state index is 4.98. The molecular weight excluding hydrogens is 214 g/mol. The van der Waals surface area contributed by atoms with Crippen molar-refractivity contribution in [3.05, 3.63) is 11.7 Å². The highest BCUT2D eigenvalue weighted by Gasteiger charge is 2.27. The first-order valence-corrected chi connectivity index (χ1v) is 6.69. The Hall–Kier alpha value is -0.900. The van der Waals surface area contributed by atoms with E-state index < -0.39 is 0 Å². The number of nitrogens with one attached hydrogen (secondary N) is 1. The molecule has 0 saturated heterocycles. The van der Waals surface area contributed by atoms with Crippen LogP contribution in [0.1, 0.15) is 51.2 Å². The zero-order valence-corrected chi connectivity index (χ0v) is 11.1. The second-order valence-corrected chi connectivity index (χ2v) is 5.41. The van der Waals surface area contributed by atoms with E-state index >= 15 is 0 Å². The average molecular weight is 237 g/mol. The summed E-state index contributed by atoms with van der Waals surface area (Å²) in [7, 11) is 0. The number of rotatable bonds is 4. The van der Waals surface area contributed by atoms with Crippen LogP contribution in [0.5, 0.6) is 0 Å². The number of aryl methyl sites for hydroxylation is 1. The molecular formula is C13H23N3O. The van der Waals surface area contributed by atoms with Crippen molar-refractivity contribution >= 4 is 0 Å². The van der Waals surface area contributed by atoms with Crippen LogP contribution in [-0.4, -0.2) is 16.2 Å². The molecule has 2 rings (SSSR count). The number of hydrogen-bond donors (Lipinski definition) is 1. The first-order valence-electron chi connectivity index (χ1n) is 6.69. The molecule has 4 heteroatoms. The maximum Gasteiger partial charge on any atom is 0.223 e. The lowest BCUT2D eigenvalue weighted by Crippen LogP contribution is -2.40. The Bertz CT molecular complexity index is 348. The fourth-order valence-corrected chi connectivity index (χ4v) is 2.85. The van der Waals surface area contributed by atoms with Crippen molar-refractivity contribution in [3.63, 3.8) is 0 Å². The van der Waals surface area contributed by atoms with Gasteiger partial charge in [0.1, 0.15) is 0 Å². The van der Waals surface area contributed by atoms with Crippen molar-refractivity contribution in [2.75, 3.05) is 0 Å². The minimum Gasteiger partial charge on any atom is -0.340 e. The molecule has 4 nitrogen and oxygen atoms in total. The Morgan fingerprint density at radius 1 is 1.35 bits per heavy atom. The van der Waals surface area contributed by atoms with Gasteiger partial charge in [0.05, 0.1) is 6.54 Å². The molecule has 1 fully saturated rings. The van der Waals surface area contributed by atoms with Gasteiger partial charge in [-0.15, -0.1) is 0 Å². The summed E-state index contributed by atoms with van der Waals surface area (Å²) in [6.45, 7) is 7.20. The highest BCUT2D eigenvalue weighted by molar-refractivity contribution is 4.87. The molecule has 17 heavy (non-hydrogen) atoms. The van der Waals surface area contributed by atoms with Gasteiger partial charge in [0.2, 0.25) is 5.89 Å². The third kappa shape index (κ3) is 3.28. The first-order chi connectivity index (χ1) is 8.16. The Kier molecular flexibility index (Phi) is 4.15. The van der Waals surface area contributed by atoms with Crippen molar-refractivity contribution in [1.29, 1.82) is 0 Å². The molecule has 1 aliphatic carbocycles. The summed E-state index contributed by atoms with van der Waals surface area (Å²) in [4.78, 5) is 4.22. The quantitative estimate of drug-likeness (QED) is 0.874. The van der Waals surface area contributed by atoms with Gasteiger partial charge in [-0.05, 0) is 24.7 Å². The predicted octanol–water partition coefficient (Wildman–Crippen LogP) is 2.68. The standard InChI is InChI=1S/C13H23N3O/c1-9(2)11-6-4-5-7-12(11)14-8-13-15-10(3)17-16-13/h9,11-12,14H,4-8H2,1-3H3/t11-,12-/m0/s1. The van der Waals surface area contributed by atoms with Crippen molar-refractivity contribution in [2.45, 2.75) is 59.0 Å². The van der Waals surface area contributed by atoms with E-state index in [0.29, 0.717) is 11.9 Å². The van der Waals surface area contributed by atoms with E-state index in [9.17, 15) is 0 Å². The van der Waals surface area contributed by atoms with Gasteiger partial charge in [-0.25, -0.2) is 0 Å². The number of nitrogens with zero attached hydrogens (tertiary/aromatic N) is 2. The minimum absolute atomic E-state index is 0.613. The Balaban J connectivity index is 1.88. The molecule has 1 aromatic heterocycles. The summed E-state index contributed by atoms with van der Waals surface area (Å²) in [5.41, 5.74) is 0. The molecule has 1 aliphatic rings. The van der Waals surface area contributed by atoms with Gasteiger partial charge >= 0.3 is 0 Å². The maximum atomic E-state index is 4.98. The number of aromatic nitrogens is 2.